The summed E-state index contributed by atoms with van der Waals surface area (Å²) in [6.07, 6.45) is 4.56. The molecule has 116 valence electrons. The smallest absolute Gasteiger partial charge is 0.255 e. The molecule has 21 heavy (non-hydrogen) atoms. The molecule has 1 aliphatic rings. The van der Waals surface area contributed by atoms with Crippen LogP contribution in [0.25, 0.3) is 0 Å². The summed E-state index contributed by atoms with van der Waals surface area (Å²) in [5, 5.41) is 0. The summed E-state index contributed by atoms with van der Waals surface area (Å²) in [5.74, 6) is 1.01. The van der Waals surface area contributed by atoms with Crippen LogP contribution in [0.3, 0.4) is 0 Å². The van der Waals surface area contributed by atoms with Gasteiger partial charge in [-0.1, -0.05) is 6.92 Å². The van der Waals surface area contributed by atoms with Crippen molar-refractivity contribution in [2.45, 2.75) is 39.2 Å². The molecule has 1 amide bonds. The summed E-state index contributed by atoms with van der Waals surface area (Å²) in [6, 6.07) is 4.07. The minimum absolute atomic E-state index is 0.0690. The minimum atomic E-state index is 0.0690. The lowest BCUT2D eigenvalue weighted by atomic mass is 10.1. The van der Waals surface area contributed by atoms with E-state index in [2.05, 4.69) is 23.7 Å². The highest BCUT2D eigenvalue weighted by atomic mass is 16.2. The molecule has 0 saturated carbocycles. The van der Waals surface area contributed by atoms with Crippen molar-refractivity contribution in [3.8, 4) is 0 Å². The van der Waals surface area contributed by atoms with Gasteiger partial charge in [-0.2, -0.15) is 0 Å². The van der Waals surface area contributed by atoms with E-state index >= 15 is 0 Å². The molecule has 1 aromatic heterocycles. The largest absolute Gasteiger partial charge is 0.357 e. The zero-order valence-electron chi connectivity index (χ0n) is 13.1. The Morgan fingerprint density at radius 3 is 2.62 bits per heavy atom. The monoisotopic (exact) mass is 290 g/mol. The number of carbonyl (C=O) groups excluding carboxylic acids is 1. The van der Waals surface area contributed by atoms with Crippen LogP contribution in [0.15, 0.2) is 18.3 Å². The second kappa shape index (κ2) is 7.41. The van der Waals surface area contributed by atoms with Crippen molar-refractivity contribution in [3.05, 3.63) is 23.9 Å². The molecule has 2 heterocycles. The third-order valence-electron chi connectivity index (χ3n) is 4.02. The van der Waals surface area contributed by atoms with Gasteiger partial charge in [0.15, 0.2) is 0 Å². The van der Waals surface area contributed by atoms with Crippen LogP contribution >= 0.6 is 0 Å². The van der Waals surface area contributed by atoms with Crippen LogP contribution in [0.5, 0.6) is 0 Å². The number of anilines is 1. The number of nitrogens with two attached hydrogens (primary N) is 1. The molecular weight excluding hydrogens is 264 g/mol. The van der Waals surface area contributed by atoms with E-state index in [4.69, 9.17) is 5.73 Å². The van der Waals surface area contributed by atoms with Gasteiger partial charge in [0, 0.05) is 38.4 Å². The predicted octanol–water partition coefficient (Wildman–Crippen LogP) is 1.88. The molecule has 1 aromatic rings. The Kier molecular flexibility index (Phi) is 5.56. The summed E-state index contributed by atoms with van der Waals surface area (Å²) >= 11 is 0. The second-order valence-corrected chi connectivity index (χ2v) is 5.61. The Labute approximate surface area is 127 Å². The van der Waals surface area contributed by atoms with E-state index < -0.39 is 0 Å². The zero-order valence-corrected chi connectivity index (χ0v) is 13.1. The Morgan fingerprint density at radius 1 is 1.38 bits per heavy atom. The molecule has 0 aliphatic carbocycles. The van der Waals surface area contributed by atoms with Crippen LogP contribution in [-0.4, -0.2) is 48.0 Å². The van der Waals surface area contributed by atoms with Gasteiger partial charge in [0.2, 0.25) is 0 Å². The highest BCUT2D eigenvalue weighted by molar-refractivity contribution is 5.94. The van der Waals surface area contributed by atoms with E-state index in [1.165, 1.54) is 0 Å². The van der Waals surface area contributed by atoms with E-state index in [-0.39, 0.29) is 11.9 Å². The third kappa shape index (κ3) is 3.94. The van der Waals surface area contributed by atoms with Gasteiger partial charge < -0.3 is 15.5 Å². The van der Waals surface area contributed by atoms with Crippen LogP contribution in [0.2, 0.25) is 0 Å². The Balaban J connectivity index is 2.02. The van der Waals surface area contributed by atoms with Gasteiger partial charge in [-0.05, 0) is 38.3 Å². The number of carbonyl (C=O) groups is 1. The van der Waals surface area contributed by atoms with Crippen molar-refractivity contribution in [2.75, 3.05) is 31.1 Å². The van der Waals surface area contributed by atoms with Crippen LogP contribution in [0, 0.1) is 0 Å². The van der Waals surface area contributed by atoms with Gasteiger partial charge >= 0.3 is 0 Å². The number of likely N-dealkylation sites (tertiary alicyclic amines) is 1. The maximum Gasteiger partial charge on any atom is 0.255 e. The maximum atomic E-state index is 12.4. The van der Waals surface area contributed by atoms with Crippen molar-refractivity contribution in [1.29, 1.82) is 0 Å². The highest BCUT2D eigenvalue weighted by Gasteiger charge is 2.21. The second-order valence-electron chi connectivity index (χ2n) is 5.61. The summed E-state index contributed by atoms with van der Waals surface area (Å²) in [5.41, 5.74) is 6.55. The molecule has 0 atom stereocenters. The quantitative estimate of drug-likeness (QED) is 0.899. The topological polar surface area (TPSA) is 62.5 Å². The van der Waals surface area contributed by atoms with Gasteiger partial charge in [0.25, 0.3) is 5.91 Å². The molecular formula is C16H26N4O. The third-order valence-corrected chi connectivity index (χ3v) is 4.02. The lowest BCUT2D eigenvalue weighted by Gasteiger charge is -2.30. The van der Waals surface area contributed by atoms with Crippen molar-refractivity contribution < 1.29 is 4.79 Å². The summed E-state index contributed by atoms with van der Waals surface area (Å²) < 4.78 is 0. The first-order valence-electron chi connectivity index (χ1n) is 7.91. The van der Waals surface area contributed by atoms with Gasteiger partial charge in [-0.25, -0.2) is 4.98 Å². The van der Waals surface area contributed by atoms with Crippen LogP contribution in [0.1, 0.15) is 43.5 Å². The van der Waals surface area contributed by atoms with Crippen LogP contribution < -0.4 is 10.6 Å². The first-order valence-corrected chi connectivity index (χ1v) is 7.91. The average Bonchev–Trinajstić information content (AvgIpc) is 2.53. The molecule has 0 bridgehead atoms. The number of hydrogen-bond acceptors (Lipinski definition) is 4. The Hall–Kier alpha value is -1.62. The number of pyridine rings is 1. The molecule has 0 spiro atoms. The van der Waals surface area contributed by atoms with Crippen LogP contribution in [0.4, 0.5) is 5.82 Å². The zero-order chi connectivity index (χ0) is 15.2. The first kappa shape index (κ1) is 15.8. The number of rotatable bonds is 5. The molecule has 5 heteroatoms. The summed E-state index contributed by atoms with van der Waals surface area (Å²) in [4.78, 5) is 21.0. The maximum absolute atomic E-state index is 12.4. The molecule has 0 radical (unpaired) electrons. The molecule has 0 aromatic carbocycles. The standard InChI is InChI=1S/C16H26N4O/c1-3-9-19(4-2)15-6-5-13(12-18-15)16(21)20-10-7-14(17)8-11-20/h5-6,12,14H,3-4,7-11,17H2,1-2H3. The van der Waals surface area contributed by atoms with Gasteiger partial charge in [0.05, 0.1) is 5.56 Å². The number of hydrogen-bond donors (Lipinski definition) is 1. The normalized spacial score (nSPS) is 16.0. The van der Waals surface area contributed by atoms with Crippen molar-refractivity contribution >= 4 is 11.7 Å². The van der Waals surface area contributed by atoms with Crippen molar-refractivity contribution in [1.82, 2.24) is 9.88 Å². The highest BCUT2D eigenvalue weighted by Crippen LogP contribution is 2.15. The Morgan fingerprint density at radius 2 is 2.10 bits per heavy atom. The van der Waals surface area contributed by atoms with E-state index in [1.807, 2.05) is 17.0 Å². The average molecular weight is 290 g/mol. The van der Waals surface area contributed by atoms with Gasteiger partial charge in [0.1, 0.15) is 5.82 Å². The van der Waals surface area contributed by atoms with Crippen LogP contribution in [-0.2, 0) is 0 Å². The number of amides is 1. The van der Waals surface area contributed by atoms with Gasteiger partial charge in [-0.3, -0.25) is 4.79 Å². The molecule has 1 aliphatic heterocycles. The number of nitrogens with zero attached hydrogens (tertiary/aromatic N) is 3. The fourth-order valence-corrected chi connectivity index (χ4v) is 2.69. The fraction of sp³-hybridized carbons (Fsp3) is 0.625. The summed E-state index contributed by atoms with van der Waals surface area (Å²) in [6.45, 7) is 7.69. The minimum Gasteiger partial charge on any atom is -0.357 e. The Bertz CT molecular complexity index is 452. The SMILES string of the molecule is CCCN(CC)c1ccc(C(=O)N2CCC(N)CC2)cn1. The number of aromatic nitrogens is 1. The molecule has 1 fully saturated rings. The van der Waals surface area contributed by atoms with Gasteiger partial charge in [-0.15, -0.1) is 0 Å². The van der Waals surface area contributed by atoms with E-state index in [1.54, 1.807) is 6.20 Å². The van der Waals surface area contributed by atoms with E-state index in [0.717, 1.165) is 51.3 Å². The van der Waals surface area contributed by atoms with Crippen molar-refractivity contribution in [3.63, 3.8) is 0 Å². The number of piperidine rings is 1. The molecule has 0 unspecified atom stereocenters. The molecule has 2 rings (SSSR count). The van der Waals surface area contributed by atoms with Crippen molar-refractivity contribution in [2.24, 2.45) is 5.73 Å². The predicted molar refractivity (Wildman–Crippen MR) is 85.5 cm³/mol. The molecule has 5 nitrogen and oxygen atoms in total. The molecule has 2 N–H and O–H groups in total. The van der Waals surface area contributed by atoms with E-state index in [9.17, 15) is 4.79 Å². The molecule has 1 saturated heterocycles. The van der Waals surface area contributed by atoms with E-state index in [0.29, 0.717) is 5.56 Å². The first-order chi connectivity index (χ1) is 10.2. The lowest BCUT2D eigenvalue weighted by Crippen LogP contribution is -2.42. The lowest BCUT2D eigenvalue weighted by molar-refractivity contribution is 0.0714. The fourth-order valence-electron chi connectivity index (χ4n) is 2.69. The summed E-state index contributed by atoms with van der Waals surface area (Å²) in [7, 11) is 0.